The van der Waals surface area contributed by atoms with Gasteiger partial charge in [0.2, 0.25) is 5.75 Å². The van der Waals surface area contributed by atoms with Crippen LogP contribution in [0.25, 0.3) is 0 Å². The number of nitro groups is 1. The zero-order valence-corrected chi connectivity index (χ0v) is 14.5. The van der Waals surface area contributed by atoms with E-state index >= 15 is 0 Å². The van der Waals surface area contributed by atoms with Gasteiger partial charge in [-0.1, -0.05) is 6.07 Å². The van der Waals surface area contributed by atoms with Gasteiger partial charge >= 0.3 is 5.69 Å². The zero-order chi connectivity index (χ0) is 18.7. The molecule has 0 aliphatic carbocycles. The van der Waals surface area contributed by atoms with E-state index in [-0.39, 0.29) is 17.3 Å². The van der Waals surface area contributed by atoms with Crippen molar-refractivity contribution < 1.29 is 19.3 Å². The van der Waals surface area contributed by atoms with Crippen LogP contribution < -0.4 is 4.74 Å². The van der Waals surface area contributed by atoms with E-state index in [9.17, 15) is 14.9 Å². The van der Waals surface area contributed by atoms with Crippen LogP contribution in [0.2, 0.25) is 0 Å². The minimum absolute atomic E-state index is 0.108. The topological polar surface area (TPSA) is 84.9 Å². The fourth-order valence-electron chi connectivity index (χ4n) is 2.29. The molecule has 0 radical (unpaired) electrons. The van der Waals surface area contributed by atoms with E-state index in [2.05, 4.69) is 0 Å². The molecule has 26 heavy (non-hydrogen) atoms. The van der Waals surface area contributed by atoms with Crippen molar-refractivity contribution in [2.75, 3.05) is 27.2 Å². The molecule has 1 saturated heterocycles. The number of nitro benzene ring substituents is 1. The highest BCUT2D eigenvalue weighted by Crippen LogP contribution is 2.33. The van der Waals surface area contributed by atoms with Gasteiger partial charge in [0, 0.05) is 38.8 Å². The second-order valence-corrected chi connectivity index (χ2v) is 6.09. The van der Waals surface area contributed by atoms with E-state index in [4.69, 9.17) is 9.57 Å². The average Bonchev–Trinajstić information content (AvgIpc) is 3.44. The van der Waals surface area contributed by atoms with Crippen molar-refractivity contribution in [3.8, 4) is 11.5 Å². The van der Waals surface area contributed by atoms with Crippen molar-refractivity contribution in [3.05, 3.63) is 63.7 Å². The van der Waals surface area contributed by atoms with Gasteiger partial charge in [-0.15, -0.1) is 0 Å². The molecular formula is C18H19N3O5. The van der Waals surface area contributed by atoms with Crippen molar-refractivity contribution in [1.29, 1.82) is 0 Å². The third kappa shape index (κ3) is 4.35. The predicted octanol–water partition coefficient (Wildman–Crippen LogP) is 2.84. The molecule has 0 N–H and O–H groups in total. The summed E-state index contributed by atoms with van der Waals surface area (Å²) in [6.07, 6.45) is 0. The third-order valence-electron chi connectivity index (χ3n) is 3.76. The van der Waals surface area contributed by atoms with Crippen molar-refractivity contribution in [1.82, 2.24) is 9.96 Å². The van der Waals surface area contributed by atoms with Gasteiger partial charge < -0.3 is 9.64 Å². The Morgan fingerprint density at radius 2 is 2.00 bits per heavy atom. The van der Waals surface area contributed by atoms with Gasteiger partial charge in [-0.2, -0.15) is 5.06 Å². The van der Waals surface area contributed by atoms with Crippen molar-refractivity contribution in [2.24, 2.45) is 0 Å². The molecular weight excluding hydrogens is 338 g/mol. The van der Waals surface area contributed by atoms with Gasteiger partial charge in [-0.3, -0.25) is 19.7 Å². The lowest BCUT2D eigenvalue weighted by Gasteiger charge is -2.12. The molecule has 0 unspecified atom stereocenters. The number of carbonyl (C=O) groups excluding carboxylic acids is 1. The van der Waals surface area contributed by atoms with Crippen molar-refractivity contribution >= 4 is 11.6 Å². The minimum atomic E-state index is -0.501. The molecule has 1 amide bonds. The maximum atomic E-state index is 12.1. The van der Waals surface area contributed by atoms with Crippen LogP contribution in [0.3, 0.4) is 0 Å². The van der Waals surface area contributed by atoms with Gasteiger partial charge in [0.15, 0.2) is 0 Å². The molecule has 0 spiro atoms. The molecule has 1 aliphatic rings. The number of hydrogen-bond donors (Lipinski definition) is 0. The summed E-state index contributed by atoms with van der Waals surface area (Å²) in [6, 6.07) is 11.2. The Hall–Kier alpha value is -2.97. The number of carbonyl (C=O) groups is 1. The highest BCUT2D eigenvalue weighted by atomic mass is 16.7. The maximum Gasteiger partial charge on any atom is 0.311 e. The Morgan fingerprint density at radius 1 is 1.23 bits per heavy atom. The summed E-state index contributed by atoms with van der Waals surface area (Å²) in [6.45, 7) is 2.10. The monoisotopic (exact) mass is 357 g/mol. The summed E-state index contributed by atoms with van der Waals surface area (Å²) in [7, 11) is 3.31. The molecule has 3 rings (SSSR count). The molecule has 8 nitrogen and oxygen atoms in total. The maximum absolute atomic E-state index is 12.1. The summed E-state index contributed by atoms with van der Waals surface area (Å²) < 4.78 is 5.72. The molecule has 0 saturated carbocycles. The lowest BCUT2D eigenvalue weighted by molar-refractivity contribution is -0.385. The van der Waals surface area contributed by atoms with Crippen LogP contribution in [0.4, 0.5) is 5.69 Å². The van der Waals surface area contributed by atoms with Gasteiger partial charge in [-0.25, -0.2) is 0 Å². The first-order valence-electron chi connectivity index (χ1n) is 8.09. The molecule has 0 atom stereocenters. The van der Waals surface area contributed by atoms with Crippen LogP contribution in [0, 0.1) is 10.1 Å². The Bertz CT molecular complexity index is 833. The Kier molecular flexibility index (Phi) is 5.15. The SMILES string of the molecule is CN(C)C(=O)c1cccc(Oc2cc(CON3CC3)ccc2[N+](=O)[O-])c1. The standard InChI is InChI=1S/C18H19N3O5/c1-19(2)18(22)14-4-3-5-15(11-14)26-17-10-13(12-25-20-8-9-20)6-7-16(17)21(23)24/h3-7,10-11H,8-9,12H2,1-2H3. The van der Waals surface area contributed by atoms with Gasteiger partial charge in [0.1, 0.15) is 5.75 Å². The second-order valence-electron chi connectivity index (χ2n) is 6.09. The molecule has 2 aromatic carbocycles. The zero-order valence-electron chi connectivity index (χ0n) is 14.5. The summed E-state index contributed by atoms with van der Waals surface area (Å²) in [5.41, 5.74) is 1.05. The molecule has 1 heterocycles. The summed E-state index contributed by atoms with van der Waals surface area (Å²) in [5.74, 6) is 0.284. The van der Waals surface area contributed by atoms with Gasteiger partial charge in [0.05, 0.1) is 11.5 Å². The summed E-state index contributed by atoms with van der Waals surface area (Å²) in [4.78, 5) is 29.8. The largest absolute Gasteiger partial charge is 0.450 e. The van der Waals surface area contributed by atoms with Crippen LogP contribution in [-0.2, 0) is 11.4 Å². The number of benzene rings is 2. The molecule has 8 heteroatoms. The minimum Gasteiger partial charge on any atom is -0.450 e. The Morgan fingerprint density at radius 3 is 2.65 bits per heavy atom. The first-order chi connectivity index (χ1) is 12.4. The molecule has 136 valence electrons. The lowest BCUT2D eigenvalue weighted by Crippen LogP contribution is -2.21. The van der Waals surface area contributed by atoms with E-state index in [1.807, 2.05) is 0 Å². The van der Waals surface area contributed by atoms with E-state index in [0.29, 0.717) is 17.9 Å². The molecule has 2 aromatic rings. The quantitative estimate of drug-likeness (QED) is 0.430. The number of hydroxylamine groups is 2. The Labute approximate surface area is 150 Å². The van der Waals surface area contributed by atoms with Crippen LogP contribution in [-0.4, -0.2) is 48.0 Å². The highest BCUT2D eigenvalue weighted by Gasteiger charge is 2.20. The van der Waals surface area contributed by atoms with Gasteiger partial charge in [-0.05, 0) is 35.9 Å². The van der Waals surface area contributed by atoms with E-state index in [1.54, 1.807) is 55.6 Å². The second kappa shape index (κ2) is 7.51. The fourth-order valence-corrected chi connectivity index (χ4v) is 2.29. The van der Waals surface area contributed by atoms with Crippen molar-refractivity contribution in [2.45, 2.75) is 6.61 Å². The van der Waals surface area contributed by atoms with Crippen LogP contribution in [0.15, 0.2) is 42.5 Å². The average molecular weight is 357 g/mol. The predicted molar refractivity (Wildman–Crippen MR) is 94.0 cm³/mol. The fraction of sp³-hybridized carbons (Fsp3) is 0.278. The lowest BCUT2D eigenvalue weighted by atomic mass is 10.2. The van der Waals surface area contributed by atoms with E-state index in [0.717, 1.165) is 18.7 Å². The number of nitrogens with zero attached hydrogens (tertiary/aromatic N) is 3. The van der Waals surface area contributed by atoms with E-state index in [1.165, 1.54) is 11.0 Å². The normalized spacial score (nSPS) is 13.3. The number of ether oxygens (including phenoxy) is 1. The first-order valence-corrected chi connectivity index (χ1v) is 8.09. The van der Waals surface area contributed by atoms with E-state index < -0.39 is 4.92 Å². The Balaban J connectivity index is 1.84. The van der Waals surface area contributed by atoms with Crippen LogP contribution in [0.5, 0.6) is 11.5 Å². The van der Waals surface area contributed by atoms with Crippen LogP contribution >= 0.6 is 0 Å². The van der Waals surface area contributed by atoms with Crippen molar-refractivity contribution in [3.63, 3.8) is 0 Å². The molecule has 0 aromatic heterocycles. The third-order valence-corrected chi connectivity index (χ3v) is 3.76. The summed E-state index contributed by atoms with van der Waals surface area (Å²) in [5, 5.41) is 13.1. The van der Waals surface area contributed by atoms with Crippen LogP contribution in [0.1, 0.15) is 15.9 Å². The molecule has 0 bridgehead atoms. The smallest absolute Gasteiger partial charge is 0.311 e. The summed E-state index contributed by atoms with van der Waals surface area (Å²) >= 11 is 0. The first kappa shape index (κ1) is 17.8. The number of rotatable bonds is 7. The number of amides is 1. The highest BCUT2D eigenvalue weighted by molar-refractivity contribution is 5.94. The van der Waals surface area contributed by atoms with Gasteiger partial charge in [0.25, 0.3) is 5.91 Å². The molecule has 1 aliphatic heterocycles. The number of hydrogen-bond acceptors (Lipinski definition) is 6. The molecule has 1 fully saturated rings.